The van der Waals surface area contributed by atoms with Crippen molar-refractivity contribution < 1.29 is 13.5 Å². The highest BCUT2D eigenvalue weighted by Crippen LogP contribution is 2.25. The van der Waals surface area contributed by atoms with Gasteiger partial charge in [-0.2, -0.15) is 0 Å². The van der Waals surface area contributed by atoms with E-state index in [0.717, 1.165) is 5.56 Å². The number of hydrogen-bond donors (Lipinski definition) is 2. The minimum absolute atomic E-state index is 0.131. The van der Waals surface area contributed by atoms with E-state index < -0.39 is 10.0 Å². The molecule has 4 nitrogen and oxygen atoms in total. The van der Waals surface area contributed by atoms with Gasteiger partial charge < -0.3 is 5.11 Å². The van der Waals surface area contributed by atoms with Crippen molar-refractivity contribution in [3.8, 4) is 5.75 Å². The lowest BCUT2D eigenvalue weighted by Gasteiger charge is -2.11. The third-order valence-corrected chi connectivity index (χ3v) is 3.96. The van der Waals surface area contributed by atoms with Crippen LogP contribution in [0.4, 0.5) is 5.69 Å². The van der Waals surface area contributed by atoms with E-state index >= 15 is 0 Å². The standard InChI is InChI=1S/C13H13NO3S/c1-10-6-2-3-7-11(10)14-18(16,17)13-9-5-4-8-12(13)15/h2-9,14-15H,1H3. The lowest BCUT2D eigenvalue weighted by atomic mass is 10.2. The molecule has 0 saturated carbocycles. The molecule has 94 valence electrons. The van der Waals surface area contributed by atoms with Crippen LogP contribution >= 0.6 is 0 Å². The predicted octanol–water partition coefficient (Wildman–Crippen LogP) is 2.50. The van der Waals surface area contributed by atoms with Crippen LogP contribution in [0.1, 0.15) is 5.56 Å². The minimum atomic E-state index is -3.77. The van der Waals surface area contributed by atoms with E-state index in [1.54, 1.807) is 24.3 Å². The molecule has 0 aromatic heterocycles. The number of nitrogens with one attached hydrogen (secondary N) is 1. The van der Waals surface area contributed by atoms with Crippen molar-refractivity contribution in [3.63, 3.8) is 0 Å². The van der Waals surface area contributed by atoms with Gasteiger partial charge in [0.15, 0.2) is 0 Å². The van der Waals surface area contributed by atoms with Crippen molar-refractivity contribution in [3.05, 3.63) is 54.1 Å². The van der Waals surface area contributed by atoms with Gasteiger partial charge in [0.1, 0.15) is 10.6 Å². The molecule has 2 aromatic rings. The molecule has 0 fully saturated rings. The summed E-state index contributed by atoms with van der Waals surface area (Å²) in [5.74, 6) is -0.265. The summed E-state index contributed by atoms with van der Waals surface area (Å²) in [4.78, 5) is -0.131. The summed E-state index contributed by atoms with van der Waals surface area (Å²) in [5.41, 5.74) is 1.32. The molecule has 0 radical (unpaired) electrons. The maximum atomic E-state index is 12.1. The number of aryl methyl sites for hydroxylation is 1. The van der Waals surface area contributed by atoms with E-state index in [1.165, 1.54) is 12.1 Å². The lowest BCUT2D eigenvalue weighted by Crippen LogP contribution is -2.13. The van der Waals surface area contributed by atoms with Gasteiger partial charge in [0, 0.05) is 0 Å². The number of phenolic OH excluding ortho intramolecular Hbond substituents is 1. The summed E-state index contributed by atoms with van der Waals surface area (Å²) in [7, 11) is -3.77. The predicted molar refractivity (Wildman–Crippen MR) is 70.1 cm³/mol. The van der Waals surface area contributed by atoms with Gasteiger partial charge in [0.05, 0.1) is 5.69 Å². The molecule has 2 N–H and O–H groups in total. The molecular formula is C13H13NO3S. The molecule has 0 aliphatic carbocycles. The molecule has 0 atom stereocenters. The van der Waals surface area contributed by atoms with E-state index in [0.29, 0.717) is 5.69 Å². The molecule has 0 amide bonds. The van der Waals surface area contributed by atoms with Gasteiger partial charge in [0.25, 0.3) is 10.0 Å². The van der Waals surface area contributed by atoms with Crippen LogP contribution in [-0.4, -0.2) is 13.5 Å². The summed E-state index contributed by atoms with van der Waals surface area (Å²) in [6.45, 7) is 1.81. The largest absolute Gasteiger partial charge is 0.507 e. The van der Waals surface area contributed by atoms with E-state index in [1.807, 2.05) is 19.1 Å². The number of phenols is 1. The molecular weight excluding hydrogens is 250 g/mol. The number of sulfonamides is 1. The smallest absolute Gasteiger partial charge is 0.265 e. The zero-order valence-electron chi connectivity index (χ0n) is 9.79. The second kappa shape index (κ2) is 4.70. The number of benzene rings is 2. The number of aromatic hydroxyl groups is 1. The Kier molecular flexibility index (Phi) is 3.25. The Morgan fingerprint density at radius 1 is 1.00 bits per heavy atom. The zero-order valence-corrected chi connectivity index (χ0v) is 10.6. The van der Waals surface area contributed by atoms with E-state index in [-0.39, 0.29) is 10.6 Å². The Labute approximate surface area is 106 Å². The molecule has 2 rings (SSSR count). The normalized spacial score (nSPS) is 11.2. The first-order valence-corrected chi connectivity index (χ1v) is 6.85. The van der Waals surface area contributed by atoms with Crippen LogP contribution in [0.3, 0.4) is 0 Å². The number of rotatable bonds is 3. The van der Waals surface area contributed by atoms with Crippen molar-refractivity contribution in [1.29, 1.82) is 0 Å². The topological polar surface area (TPSA) is 66.4 Å². The van der Waals surface area contributed by atoms with Gasteiger partial charge >= 0.3 is 0 Å². The molecule has 18 heavy (non-hydrogen) atoms. The van der Waals surface area contributed by atoms with Crippen molar-refractivity contribution >= 4 is 15.7 Å². The number of para-hydroxylation sites is 2. The molecule has 0 spiro atoms. The van der Waals surface area contributed by atoms with Gasteiger partial charge in [-0.1, -0.05) is 30.3 Å². The fourth-order valence-corrected chi connectivity index (χ4v) is 2.80. The van der Waals surface area contributed by atoms with Gasteiger partial charge in [-0.25, -0.2) is 8.42 Å². The van der Waals surface area contributed by atoms with E-state index in [2.05, 4.69) is 4.72 Å². The highest BCUT2D eigenvalue weighted by atomic mass is 32.2. The van der Waals surface area contributed by atoms with Crippen molar-refractivity contribution in [2.24, 2.45) is 0 Å². The van der Waals surface area contributed by atoms with Crippen LogP contribution in [0.5, 0.6) is 5.75 Å². The summed E-state index contributed by atoms with van der Waals surface area (Å²) >= 11 is 0. The third kappa shape index (κ3) is 2.46. The van der Waals surface area contributed by atoms with Crippen LogP contribution in [0.25, 0.3) is 0 Å². The van der Waals surface area contributed by atoms with Crippen LogP contribution in [0.15, 0.2) is 53.4 Å². The van der Waals surface area contributed by atoms with Crippen LogP contribution in [0.2, 0.25) is 0 Å². The Hall–Kier alpha value is -2.01. The van der Waals surface area contributed by atoms with Gasteiger partial charge in [-0.3, -0.25) is 4.72 Å². The fourth-order valence-electron chi connectivity index (χ4n) is 1.57. The Morgan fingerprint density at radius 3 is 2.28 bits per heavy atom. The molecule has 0 heterocycles. The van der Waals surface area contributed by atoms with Crippen LogP contribution in [0, 0.1) is 6.92 Å². The zero-order chi connectivity index (χ0) is 13.2. The van der Waals surface area contributed by atoms with E-state index in [4.69, 9.17) is 0 Å². The average Bonchev–Trinajstić information content (AvgIpc) is 2.32. The summed E-state index contributed by atoms with van der Waals surface area (Å²) < 4.78 is 26.7. The highest BCUT2D eigenvalue weighted by Gasteiger charge is 2.18. The second-order valence-corrected chi connectivity index (χ2v) is 5.54. The SMILES string of the molecule is Cc1ccccc1NS(=O)(=O)c1ccccc1O. The van der Waals surface area contributed by atoms with E-state index in [9.17, 15) is 13.5 Å². The average molecular weight is 263 g/mol. The minimum Gasteiger partial charge on any atom is -0.507 e. The molecule has 5 heteroatoms. The Balaban J connectivity index is 2.40. The van der Waals surface area contributed by atoms with Crippen LogP contribution in [-0.2, 0) is 10.0 Å². The van der Waals surface area contributed by atoms with Crippen molar-refractivity contribution in [1.82, 2.24) is 0 Å². The monoisotopic (exact) mass is 263 g/mol. The Morgan fingerprint density at radius 2 is 1.61 bits per heavy atom. The molecule has 0 bridgehead atoms. The van der Waals surface area contributed by atoms with Gasteiger partial charge in [-0.15, -0.1) is 0 Å². The molecule has 0 saturated heterocycles. The van der Waals surface area contributed by atoms with Gasteiger partial charge in [-0.05, 0) is 30.7 Å². The summed E-state index contributed by atoms with van der Waals surface area (Å²) in [6.07, 6.45) is 0. The maximum absolute atomic E-state index is 12.1. The summed E-state index contributed by atoms with van der Waals surface area (Å²) in [5, 5.41) is 9.57. The highest BCUT2D eigenvalue weighted by molar-refractivity contribution is 7.92. The first kappa shape index (κ1) is 12.4. The summed E-state index contributed by atoms with van der Waals surface area (Å²) in [6, 6.07) is 12.9. The van der Waals surface area contributed by atoms with Crippen molar-refractivity contribution in [2.75, 3.05) is 4.72 Å². The number of hydrogen-bond acceptors (Lipinski definition) is 3. The van der Waals surface area contributed by atoms with Crippen molar-refractivity contribution in [2.45, 2.75) is 11.8 Å². The Bertz CT molecular complexity index is 665. The third-order valence-electron chi connectivity index (χ3n) is 2.54. The van der Waals surface area contributed by atoms with Gasteiger partial charge in [0.2, 0.25) is 0 Å². The lowest BCUT2D eigenvalue weighted by molar-refractivity contribution is 0.459. The molecule has 0 aliphatic heterocycles. The quantitative estimate of drug-likeness (QED) is 0.894. The first-order valence-electron chi connectivity index (χ1n) is 5.37. The number of anilines is 1. The first-order chi connectivity index (χ1) is 8.50. The second-order valence-electron chi connectivity index (χ2n) is 3.89. The maximum Gasteiger partial charge on any atom is 0.265 e. The molecule has 2 aromatic carbocycles. The molecule has 0 unspecified atom stereocenters. The van der Waals surface area contributed by atoms with Crippen LogP contribution < -0.4 is 4.72 Å². The fraction of sp³-hybridized carbons (Fsp3) is 0.0769. The molecule has 0 aliphatic rings.